The summed E-state index contributed by atoms with van der Waals surface area (Å²) in [4.78, 5) is 14.3. The van der Waals surface area contributed by atoms with Crippen LogP contribution in [0, 0.1) is 23.2 Å². The fourth-order valence-corrected chi connectivity index (χ4v) is 6.19. The minimum atomic E-state index is -3.94. The quantitative estimate of drug-likeness (QED) is 0.657. The smallest absolute Gasteiger partial charge is 0.247 e. The molecule has 0 aromatic heterocycles. The second kappa shape index (κ2) is 9.97. The molecule has 1 amide bonds. The predicted molar refractivity (Wildman–Crippen MR) is 131 cm³/mol. The summed E-state index contributed by atoms with van der Waals surface area (Å²) in [6.45, 7) is 3.77. The highest BCUT2D eigenvalue weighted by Crippen LogP contribution is 2.37. The van der Waals surface area contributed by atoms with Crippen molar-refractivity contribution in [2.45, 2.75) is 43.7 Å². The van der Waals surface area contributed by atoms with Gasteiger partial charge in [-0.1, -0.05) is 25.1 Å². The second-order valence-electron chi connectivity index (χ2n) is 9.58. The first kappa shape index (κ1) is 25.2. The van der Waals surface area contributed by atoms with E-state index in [0.717, 1.165) is 24.0 Å². The minimum Gasteiger partial charge on any atom is -0.487 e. The number of carbonyl (C=O) groups excluding carboxylic acids is 1. The molecule has 8 nitrogen and oxygen atoms in total. The summed E-state index contributed by atoms with van der Waals surface area (Å²) in [6.07, 6.45) is 1.36. The Labute approximate surface area is 206 Å². The van der Waals surface area contributed by atoms with E-state index >= 15 is 0 Å². The van der Waals surface area contributed by atoms with Gasteiger partial charge in [-0.25, -0.2) is 8.42 Å². The Hall–Kier alpha value is -2.93. The molecule has 1 fully saturated rings. The van der Waals surface area contributed by atoms with Gasteiger partial charge in [0.15, 0.2) is 0 Å². The summed E-state index contributed by atoms with van der Waals surface area (Å²) in [6, 6.07) is 13.4. The van der Waals surface area contributed by atoms with Gasteiger partial charge in [-0.15, -0.1) is 0 Å². The van der Waals surface area contributed by atoms with Gasteiger partial charge >= 0.3 is 0 Å². The van der Waals surface area contributed by atoms with Crippen LogP contribution in [0.3, 0.4) is 0 Å². The molecule has 0 unspecified atom stereocenters. The zero-order chi connectivity index (χ0) is 25.3. The third-order valence-corrected chi connectivity index (χ3v) is 8.79. The standard InChI is InChI=1S/C26H31N3O5S/c1-17-14-29(18(2)16-30)35(32,33)25-11-10-22(20-6-4-19(13-27)5-7-20)12-23(25)34-24(17)15-28(3)26(31)21-8-9-21/h4-7,10-12,17-18,21,24,30H,8-9,14-16H2,1-3H3/t17-,18+,24-/m0/s1. The molecule has 35 heavy (non-hydrogen) atoms. The van der Waals surface area contributed by atoms with Crippen molar-refractivity contribution in [3.8, 4) is 22.9 Å². The van der Waals surface area contributed by atoms with Crippen molar-refractivity contribution in [3.63, 3.8) is 0 Å². The molecule has 0 bridgehead atoms. The van der Waals surface area contributed by atoms with Crippen molar-refractivity contribution >= 4 is 15.9 Å². The Balaban J connectivity index is 1.76. The first-order chi connectivity index (χ1) is 16.6. The largest absolute Gasteiger partial charge is 0.487 e. The molecule has 1 N–H and O–H groups in total. The van der Waals surface area contributed by atoms with Gasteiger partial charge in [0.25, 0.3) is 0 Å². The maximum Gasteiger partial charge on any atom is 0.247 e. The predicted octanol–water partition coefficient (Wildman–Crippen LogP) is 2.86. The van der Waals surface area contributed by atoms with E-state index < -0.39 is 22.2 Å². The van der Waals surface area contributed by atoms with Crippen LogP contribution in [0.1, 0.15) is 32.3 Å². The van der Waals surface area contributed by atoms with Crippen LogP contribution >= 0.6 is 0 Å². The number of benzene rings is 2. The zero-order valence-corrected chi connectivity index (χ0v) is 21.0. The lowest BCUT2D eigenvalue weighted by Crippen LogP contribution is -2.50. The molecule has 186 valence electrons. The highest BCUT2D eigenvalue weighted by molar-refractivity contribution is 7.89. The van der Waals surface area contributed by atoms with Crippen molar-refractivity contribution < 1.29 is 23.1 Å². The number of nitriles is 1. The van der Waals surface area contributed by atoms with E-state index in [0.29, 0.717) is 12.1 Å². The fraction of sp³-hybridized carbons (Fsp3) is 0.462. The Morgan fingerprint density at radius 3 is 2.49 bits per heavy atom. The Kier molecular flexibility index (Phi) is 7.17. The number of amides is 1. The minimum absolute atomic E-state index is 0.0308. The van der Waals surface area contributed by atoms with E-state index in [9.17, 15) is 18.3 Å². The number of nitrogens with zero attached hydrogens (tertiary/aromatic N) is 3. The number of aliphatic hydroxyl groups excluding tert-OH is 1. The molecule has 1 aliphatic carbocycles. The van der Waals surface area contributed by atoms with Gasteiger partial charge < -0.3 is 14.7 Å². The summed E-state index contributed by atoms with van der Waals surface area (Å²) in [5.41, 5.74) is 2.10. The third-order valence-electron chi connectivity index (χ3n) is 6.77. The molecular weight excluding hydrogens is 466 g/mol. The normalized spacial score (nSPS) is 22.6. The first-order valence-corrected chi connectivity index (χ1v) is 13.3. The van der Waals surface area contributed by atoms with Crippen LogP contribution in [0.2, 0.25) is 0 Å². The number of ether oxygens (including phenoxy) is 1. The molecule has 0 radical (unpaired) electrons. The van der Waals surface area contributed by atoms with E-state index in [1.165, 1.54) is 10.4 Å². The maximum atomic E-state index is 13.6. The first-order valence-electron chi connectivity index (χ1n) is 11.8. The lowest BCUT2D eigenvalue weighted by molar-refractivity contribution is -0.132. The second-order valence-corrected chi connectivity index (χ2v) is 11.4. The van der Waals surface area contributed by atoms with E-state index in [4.69, 9.17) is 10.00 Å². The zero-order valence-electron chi connectivity index (χ0n) is 20.2. The summed E-state index contributed by atoms with van der Waals surface area (Å²) in [5.74, 6) is 0.138. The molecular formula is C26H31N3O5S. The molecule has 2 aromatic rings. The van der Waals surface area contributed by atoms with Gasteiger partial charge in [0.05, 0.1) is 24.8 Å². The Morgan fingerprint density at radius 2 is 1.89 bits per heavy atom. The van der Waals surface area contributed by atoms with Crippen LogP contribution in [-0.4, -0.2) is 67.5 Å². The summed E-state index contributed by atoms with van der Waals surface area (Å²) in [5, 5.41) is 18.9. The van der Waals surface area contributed by atoms with Crippen LogP contribution in [0.5, 0.6) is 5.75 Å². The molecule has 2 aromatic carbocycles. The number of likely N-dealkylation sites (N-methyl/N-ethyl adjacent to an activating group) is 1. The van der Waals surface area contributed by atoms with Gasteiger partial charge in [-0.2, -0.15) is 9.57 Å². The summed E-state index contributed by atoms with van der Waals surface area (Å²) < 4.78 is 34.9. The summed E-state index contributed by atoms with van der Waals surface area (Å²) in [7, 11) is -2.19. The van der Waals surface area contributed by atoms with Crippen molar-refractivity contribution in [3.05, 3.63) is 48.0 Å². The number of hydrogen-bond acceptors (Lipinski definition) is 6. The average molecular weight is 498 g/mol. The lowest BCUT2D eigenvalue weighted by Gasteiger charge is -2.37. The molecule has 3 atom stereocenters. The van der Waals surface area contributed by atoms with Crippen molar-refractivity contribution in [1.29, 1.82) is 5.26 Å². The van der Waals surface area contributed by atoms with E-state index in [1.54, 1.807) is 55.3 Å². The Bertz CT molecular complexity index is 1230. The molecule has 1 saturated carbocycles. The monoisotopic (exact) mass is 497 g/mol. The molecule has 1 aliphatic heterocycles. The van der Waals surface area contributed by atoms with Crippen molar-refractivity contribution in [2.24, 2.45) is 11.8 Å². The Morgan fingerprint density at radius 1 is 1.23 bits per heavy atom. The number of carbonyl (C=O) groups is 1. The van der Waals surface area contributed by atoms with Crippen molar-refractivity contribution in [1.82, 2.24) is 9.21 Å². The number of hydrogen-bond donors (Lipinski definition) is 1. The van der Waals surface area contributed by atoms with Crippen LogP contribution in [0.4, 0.5) is 0 Å². The van der Waals surface area contributed by atoms with Crippen LogP contribution in [0.25, 0.3) is 11.1 Å². The van der Waals surface area contributed by atoms with E-state index in [1.807, 2.05) is 6.92 Å². The highest BCUT2D eigenvalue weighted by Gasteiger charge is 2.39. The number of fused-ring (bicyclic) bond motifs is 1. The van der Waals surface area contributed by atoms with Crippen LogP contribution in [0.15, 0.2) is 47.4 Å². The van der Waals surface area contributed by atoms with Gasteiger partial charge in [0.1, 0.15) is 16.7 Å². The van der Waals surface area contributed by atoms with Gasteiger partial charge in [-0.05, 0) is 55.2 Å². The molecule has 0 spiro atoms. The number of aliphatic hydroxyl groups is 1. The van der Waals surface area contributed by atoms with Crippen LogP contribution in [-0.2, 0) is 14.8 Å². The highest BCUT2D eigenvalue weighted by atomic mass is 32.2. The third kappa shape index (κ3) is 5.20. The topological polar surface area (TPSA) is 111 Å². The van der Waals surface area contributed by atoms with E-state index in [-0.39, 0.29) is 41.5 Å². The average Bonchev–Trinajstić information content (AvgIpc) is 3.70. The molecule has 1 heterocycles. The van der Waals surface area contributed by atoms with Gasteiger partial charge in [0, 0.05) is 31.5 Å². The molecule has 0 saturated heterocycles. The fourth-order valence-electron chi connectivity index (χ4n) is 4.36. The molecule has 2 aliphatic rings. The molecule has 4 rings (SSSR count). The van der Waals surface area contributed by atoms with Gasteiger partial charge in [0.2, 0.25) is 15.9 Å². The molecule has 9 heteroatoms. The van der Waals surface area contributed by atoms with Gasteiger partial charge in [-0.3, -0.25) is 4.79 Å². The summed E-state index contributed by atoms with van der Waals surface area (Å²) >= 11 is 0. The van der Waals surface area contributed by atoms with Crippen LogP contribution < -0.4 is 4.74 Å². The van der Waals surface area contributed by atoms with Crippen molar-refractivity contribution in [2.75, 3.05) is 26.7 Å². The number of rotatable bonds is 6. The maximum absolute atomic E-state index is 13.6. The SMILES string of the molecule is C[C@H](CO)N1C[C@H](C)[C@H](CN(C)C(=O)C2CC2)Oc2cc(-c3ccc(C#N)cc3)ccc2S1(=O)=O. The lowest BCUT2D eigenvalue weighted by atomic mass is 10.0. The number of sulfonamides is 1. The van der Waals surface area contributed by atoms with E-state index in [2.05, 4.69) is 6.07 Å².